The predicted molar refractivity (Wildman–Crippen MR) is 66.5 cm³/mol. The molecule has 1 aliphatic rings. The lowest BCUT2D eigenvalue weighted by Gasteiger charge is -2.13. The molecule has 0 radical (unpaired) electrons. The van der Waals surface area contributed by atoms with Crippen LogP contribution in [0.15, 0.2) is 6.20 Å². The molecule has 0 saturated heterocycles. The second-order valence-electron chi connectivity index (χ2n) is 4.62. The Morgan fingerprint density at radius 2 is 2.24 bits per heavy atom. The summed E-state index contributed by atoms with van der Waals surface area (Å²) in [7, 11) is 0. The molecule has 1 heterocycles. The monoisotopic (exact) mass is 238 g/mol. The van der Waals surface area contributed by atoms with Crippen LogP contribution in [0.4, 0.5) is 16.2 Å². The van der Waals surface area contributed by atoms with Crippen molar-refractivity contribution in [2.45, 2.75) is 26.7 Å². The Morgan fingerprint density at radius 1 is 1.47 bits per heavy atom. The van der Waals surface area contributed by atoms with Gasteiger partial charge in [0.15, 0.2) is 11.6 Å². The standard InChI is InChI=1S/C12H19FN4/c1-3-14-12-16-7-10(13)11(17-12)15-6-8(2)9-4-5-9/h7-9H,3-6H2,1-2H3,(H2,14,15,16,17). The minimum absolute atomic E-state index is 0.295. The molecule has 4 nitrogen and oxygen atoms in total. The lowest BCUT2D eigenvalue weighted by Crippen LogP contribution is -2.15. The molecule has 0 aromatic carbocycles. The Morgan fingerprint density at radius 3 is 2.88 bits per heavy atom. The Hall–Kier alpha value is -1.39. The molecular formula is C12H19FN4. The number of rotatable bonds is 6. The lowest BCUT2D eigenvalue weighted by atomic mass is 10.1. The maximum absolute atomic E-state index is 13.5. The van der Waals surface area contributed by atoms with Crippen LogP contribution >= 0.6 is 0 Å². The van der Waals surface area contributed by atoms with Crippen LogP contribution in [0.25, 0.3) is 0 Å². The van der Waals surface area contributed by atoms with Crippen molar-refractivity contribution in [1.82, 2.24) is 9.97 Å². The van der Waals surface area contributed by atoms with E-state index in [-0.39, 0.29) is 0 Å². The summed E-state index contributed by atoms with van der Waals surface area (Å²) in [6, 6.07) is 0. The first-order valence-electron chi connectivity index (χ1n) is 6.21. The average molecular weight is 238 g/mol. The molecule has 2 N–H and O–H groups in total. The highest BCUT2D eigenvalue weighted by atomic mass is 19.1. The van der Waals surface area contributed by atoms with Crippen molar-refractivity contribution in [1.29, 1.82) is 0 Å². The summed E-state index contributed by atoms with van der Waals surface area (Å²) < 4.78 is 13.5. The van der Waals surface area contributed by atoms with Crippen molar-refractivity contribution < 1.29 is 4.39 Å². The molecule has 1 aromatic heterocycles. The van der Waals surface area contributed by atoms with Crippen LogP contribution in [0.5, 0.6) is 0 Å². The van der Waals surface area contributed by atoms with Crippen molar-refractivity contribution in [3.8, 4) is 0 Å². The van der Waals surface area contributed by atoms with Gasteiger partial charge in [-0.2, -0.15) is 4.98 Å². The third-order valence-corrected chi connectivity index (χ3v) is 3.10. The molecule has 94 valence electrons. The van der Waals surface area contributed by atoms with Crippen LogP contribution < -0.4 is 10.6 Å². The molecule has 1 fully saturated rings. The van der Waals surface area contributed by atoms with E-state index in [1.807, 2.05) is 6.92 Å². The topological polar surface area (TPSA) is 49.8 Å². The van der Waals surface area contributed by atoms with Crippen LogP contribution in [-0.2, 0) is 0 Å². The Kier molecular flexibility index (Phi) is 3.76. The molecule has 1 aliphatic carbocycles. The van der Waals surface area contributed by atoms with Gasteiger partial charge in [-0.3, -0.25) is 0 Å². The Bertz CT molecular complexity index is 379. The SMILES string of the molecule is CCNc1ncc(F)c(NCC(C)C2CC2)n1. The maximum atomic E-state index is 13.5. The molecule has 1 aromatic rings. The minimum Gasteiger partial charge on any atom is -0.367 e. The first kappa shape index (κ1) is 12.1. The molecule has 1 atom stereocenters. The van der Waals surface area contributed by atoms with E-state index in [4.69, 9.17) is 0 Å². The van der Waals surface area contributed by atoms with Gasteiger partial charge in [-0.05, 0) is 31.6 Å². The highest BCUT2D eigenvalue weighted by molar-refractivity contribution is 5.41. The first-order chi connectivity index (χ1) is 8.20. The number of aromatic nitrogens is 2. The molecule has 5 heteroatoms. The van der Waals surface area contributed by atoms with Gasteiger partial charge >= 0.3 is 0 Å². The summed E-state index contributed by atoms with van der Waals surface area (Å²) in [4.78, 5) is 7.97. The Balaban J connectivity index is 1.95. The van der Waals surface area contributed by atoms with E-state index in [0.29, 0.717) is 17.7 Å². The van der Waals surface area contributed by atoms with Crippen molar-refractivity contribution in [2.24, 2.45) is 11.8 Å². The number of hydrogen-bond donors (Lipinski definition) is 2. The fourth-order valence-corrected chi connectivity index (χ4v) is 1.82. The highest BCUT2D eigenvalue weighted by Gasteiger charge is 2.27. The van der Waals surface area contributed by atoms with E-state index in [0.717, 1.165) is 19.0 Å². The number of nitrogens with one attached hydrogen (secondary N) is 2. The van der Waals surface area contributed by atoms with Gasteiger partial charge < -0.3 is 10.6 Å². The van der Waals surface area contributed by atoms with Crippen LogP contribution in [0.1, 0.15) is 26.7 Å². The molecule has 0 spiro atoms. The van der Waals surface area contributed by atoms with Crippen molar-refractivity contribution in [3.05, 3.63) is 12.0 Å². The van der Waals surface area contributed by atoms with Gasteiger partial charge in [0.1, 0.15) is 0 Å². The van der Waals surface area contributed by atoms with Crippen molar-refractivity contribution in [3.63, 3.8) is 0 Å². The molecule has 0 bridgehead atoms. The van der Waals surface area contributed by atoms with E-state index in [1.165, 1.54) is 19.0 Å². The van der Waals surface area contributed by atoms with Crippen LogP contribution in [-0.4, -0.2) is 23.1 Å². The van der Waals surface area contributed by atoms with E-state index in [9.17, 15) is 4.39 Å². The zero-order valence-electron chi connectivity index (χ0n) is 10.3. The fraction of sp³-hybridized carbons (Fsp3) is 0.667. The largest absolute Gasteiger partial charge is 0.367 e. The molecular weight excluding hydrogens is 219 g/mol. The summed E-state index contributed by atoms with van der Waals surface area (Å²) in [6.07, 6.45) is 3.81. The number of anilines is 2. The molecule has 17 heavy (non-hydrogen) atoms. The molecule has 2 rings (SSSR count). The number of halogens is 1. The Labute approximate surface area is 101 Å². The summed E-state index contributed by atoms with van der Waals surface area (Å²) >= 11 is 0. The molecule has 0 aliphatic heterocycles. The van der Waals surface area contributed by atoms with Gasteiger partial charge in [-0.25, -0.2) is 9.37 Å². The van der Waals surface area contributed by atoms with E-state index in [2.05, 4.69) is 27.5 Å². The average Bonchev–Trinajstić information content (AvgIpc) is 3.13. The second-order valence-corrected chi connectivity index (χ2v) is 4.62. The maximum Gasteiger partial charge on any atom is 0.224 e. The van der Waals surface area contributed by atoms with Gasteiger partial charge in [-0.15, -0.1) is 0 Å². The van der Waals surface area contributed by atoms with Gasteiger partial charge in [0.25, 0.3) is 0 Å². The van der Waals surface area contributed by atoms with E-state index >= 15 is 0 Å². The van der Waals surface area contributed by atoms with Crippen molar-refractivity contribution >= 4 is 11.8 Å². The number of hydrogen-bond acceptors (Lipinski definition) is 4. The molecule has 0 amide bonds. The third-order valence-electron chi connectivity index (χ3n) is 3.10. The summed E-state index contributed by atoms with van der Waals surface area (Å²) in [6.45, 7) is 5.64. The van der Waals surface area contributed by atoms with Crippen LogP contribution in [0, 0.1) is 17.7 Å². The number of nitrogens with zero attached hydrogens (tertiary/aromatic N) is 2. The zero-order valence-corrected chi connectivity index (χ0v) is 10.3. The van der Waals surface area contributed by atoms with Gasteiger partial charge in [0, 0.05) is 13.1 Å². The highest BCUT2D eigenvalue weighted by Crippen LogP contribution is 2.36. The van der Waals surface area contributed by atoms with E-state index in [1.54, 1.807) is 0 Å². The smallest absolute Gasteiger partial charge is 0.224 e. The van der Waals surface area contributed by atoms with Crippen LogP contribution in [0.3, 0.4) is 0 Å². The minimum atomic E-state index is -0.394. The van der Waals surface area contributed by atoms with Gasteiger partial charge in [-0.1, -0.05) is 6.92 Å². The lowest BCUT2D eigenvalue weighted by molar-refractivity contribution is 0.532. The molecule has 1 saturated carbocycles. The van der Waals surface area contributed by atoms with Gasteiger partial charge in [0.05, 0.1) is 6.20 Å². The zero-order chi connectivity index (χ0) is 12.3. The first-order valence-corrected chi connectivity index (χ1v) is 6.21. The summed E-state index contributed by atoms with van der Waals surface area (Å²) in [5.74, 6) is 1.75. The van der Waals surface area contributed by atoms with Crippen LogP contribution in [0.2, 0.25) is 0 Å². The quantitative estimate of drug-likeness (QED) is 0.799. The second kappa shape index (κ2) is 5.29. The summed E-state index contributed by atoms with van der Waals surface area (Å²) in [5.41, 5.74) is 0. The van der Waals surface area contributed by atoms with E-state index < -0.39 is 5.82 Å². The fourth-order valence-electron chi connectivity index (χ4n) is 1.82. The third kappa shape index (κ3) is 3.28. The van der Waals surface area contributed by atoms with Gasteiger partial charge in [0.2, 0.25) is 5.95 Å². The normalized spacial score (nSPS) is 16.6. The van der Waals surface area contributed by atoms with Crippen molar-refractivity contribution in [2.75, 3.05) is 23.7 Å². The molecule has 1 unspecified atom stereocenters. The predicted octanol–water partition coefficient (Wildman–Crippen LogP) is 2.51. The summed E-state index contributed by atoms with van der Waals surface area (Å²) in [5, 5.41) is 6.04.